The van der Waals surface area contributed by atoms with Crippen LogP contribution in [-0.4, -0.2) is 28.6 Å². The average molecular weight is 353 g/mol. The summed E-state index contributed by atoms with van der Waals surface area (Å²) in [4.78, 5) is 29.0. The highest BCUT2D eigenvalue weighted by Gasteiger charge is 2.17. The molecular weight excluding hydrogens is 334 g/mol. The van der Waals surface area contributed by atoms with Crippen molar-refractivity contribution in [2.75, 3.05) is 11.9 Å². The monoisotopic (exact) mass is 353 g/mol. The van der Waals surface area contributed by atoms with Crippen LogP contribution in [0.5, 0.6) is 0 Å². The molecule has 1 amide bonds. The van der Waals surface area contributed by atoms with Gasteiger partial charge in [0.1, 0.15) is 5.76 Å². The minimum Gasteiger partial charge on any atom is -0.452 e. The van der Waals surface area contributed by atoms with Crippen molar-refractivity contribution in [3.8, 4) is 0 Å². The molecule has 7 heteroatoms. The van der Waals surface area contributed by atoms with Crippen LogP contribution in [0.4, 0.5) is 5.82 Å². The predicted octanol–water partition coefficient (Wildman–Crippen LogP) is 3.45. The van der Waals surface area contributed by atoms with Gasteiger partial charge in [-0.2, -0.15) is 0 Å². The standard InChI is InChI=1S/C19H19N3O4/c1-11(2)16-9-14(13-6-4-5-7-15(13)20-16)19(24)25-10-18(23)21-17-8-12(3)26-22-17/h4-9,11H,10H2,1-3H3,(H,21,22,23). The van der Waals surface area contributed by atoms with Crippen LogP contribution in [0.25, 0.3) is 10.9 Å². The number of aryl methyl sites for hydroxylation is 1. The minimum absolute atomic E-state index is 0.157. The summed E-state index contributed by atoms with van der Waals surface area (Å²) >= 11 is 0. The van der Waals surface area contributed by atoms with Gasteiger partial charge in [0.2, 0.25) is 0 Å². The maximum absolute atomic E-state index is 12.5. The Morgan fingerprint density at radius 3 is 2.69 bits per heavy atom. The number of esters is 1. The quantitative estimate of drug-likeness (QED) is 0.706. The Hall–Kier alpha value is -3.22. The second kappa shape index (κ2) is 7.35. The number of amides is 1. The predicted molar refractivity (Wildman–Crippen MR) is 96.0 cm³/mol. The number of rotatable bonds is 5. The number of para-hydroxylation sites is 1. The summed E-state index contributed by atoms with van der Waals surface area (Å²) in [6.07, 6.45) is 0. The Morgan fingerprint density at radius 2 is 2.00 bits per heavy atom. The van der Waals surface area contributed by atoms with Gasteiger partial charge in [-0.3, -0.25) is 9.78 Å². The largest absolute Gasteiger partial charge is 0.452 e. The molecule has 0 saturated heterocycles. The molecule has 0 saturated carbocycles. The van der Waals surface area contributed by atoms with Gasteiger partial charge in [-0.1, -0.05) is 37.2 Å². The van der Waals surface area contributed by atoms with Crippen LogP contribution in [0.3, 0.4) is 0 Å². The molecule has 0 aliphatic heterocycles. The molecule has 0 aliphatic rings. The first kappa shape index (κ1) is 17.6. The molecule has 3 aromatic rings. The number of nitrogens with zero attached hydrogens (tertiary/aromatic N) is 2. The summed E-state index contributed by atoms with van der Waals surface area (Å²) < 4.78 is 10.0. The van der Waals surface area contributed by atoms with Crippen LogP contribution in [0.15, 0.2) is 40.9 Å². The summed E-state index contributed by atoms with van der Waals surface area (Å²) in [5.74, 6) is -0.0577. The topological polar surface area (TPSA) is 94.3 Å². The van der Waals surface area contributed by atoms with Gasteiger partial charge < -0.3 is 14.6 Å². The van der Waals surface area contributed by atoms with E-state index < -0.39 is 18.5 Å². The molecule has 7 nitrogen and oxygen atoms in total. The molecular formula is C19H19N3O4. The number of fused-ring (bicyclic) bond motifs is 1. The molecule has 0 radical (unpaired) electrons. The summed E-state index contributed by atoms with van der Waals surface area (Å²) in [5, 5.41) is 6.85. The van der Waals surface area contributed by atoms with Gasteiger partial charge in [-0.15, -0.1) is 0 Å². The Kier molecular flexibility index (Phi) is 4.97. The third-order valence-electron chi connectivity index (χ3n) is 3.78. The van der Waals surface area contributed by atoms with Crippen LogP contribution >= 0.6 is 0 Å². The average Bonchev–Trinajstić information content (AvgIpc) is 3.03. The lowest BCUT2D eigenvalue weighted by molar-refractivity contribution is -0.119. The number of nitrogens with one attached hydrogen (secondary N) is 1. The molecule has 0 bridgehead atoms. The molecule has 0 unspecified atom stereocenters. The second-order valence-electron chi connectivity index (χ2n) is 6.21. The summed E-state index contributed by atoms with van der Waals surface area (Å²) in [6, 6.07) is 10.6. The fraction of sp³-hybridized carbons (Fsp3) is 0.263. The highest BCUT2D eigenvalue weighted by Crippen LogP contribution is 2.23. The normalized spacial score (nSPS) is 10.9. The van der Waals surface area contributed by atoms with Crippen molar-refractivity contribution in [1.29, 1.82) is 0 Å². The third kappa shape index (κ3) is 3.88. The third-order valence-corrected chi connectivity index (χ3v) is 3.78. The maximum atomic E-state index is 12.5. The lowest BCUT2D eigenvalue weighted by Gasteiger charge is -2.11. The molecule has 0 spiro atoms. The van der Waals surface area contributed by atoms with Crippen LogP contribution in [0.2, 0.25) is 0 Å². The van der Waals surface area contributed by atoms with Gasteiger partial charge in [0.15, 0.2) is 12.4 Å². The molecule has 0 atom stereocenters. The Balaban J connectivity index is 1.75. The summed E-state index contributed by atoms with van der Waals surface area (Å²) in [5.41, 5.74) is 1.90. The zero-order valence-corrected chi connectivity index (χ0v) is 14.8. The molecule has 0 fully saturated rings. The molecule has 1 aromatic carbocycles. The number of carbonyl (C=O) groups excluding carboxylic acids is 2. The zero-order chi connectivity index (χ0) is 18.7. The SMILES string of the molecule is Cc1cc(NC(=O)COC(=O)c2cc(C(C)C)nc3ccccc23)no1. The van der Waals surface area contributed by atoms with E-state index in [2.05, 4.69) is 15.5 Å². The van der Waals surface area contributed by atoms with E-state index in [0.29, 0.717) is 22.2 Å². The summed E-state index contributed by atoms with van der Waals surface area (Å²) in [7, 11) is 0. The molecule has 0 aliphatic carbocycles. The van der Waals surface area contributed by atoms with Crippen molar-refractivity contribution in [2.24, 2.45) is 0 Å². The maximum Gasteiger partial charge on any atom is 0.339 e. The van der Waals surface area contributed by atoms with Crippen molar-refractivity contribution in [3.63, 3.8) is 0 Å². The van der Waals surface area contributed by atoms with E-state index in [4.69, 9.17) is 9.26 Å². The second-order valence-corrected chi connectivity index (χ2v) is 6.21. The van der Waals surface area contributed by atoms with Gasteiger partial charge in [-0.25, -0.2) is 4.79 Å². The number of hydrogen-bond donors (Lipinski definition) is 1. The van der Waals surface area contributed by atoms with E-state index in [-0.39, 0.29) is 11.7 Å². The zero-order valence-electron chi connectivity index (χ0n) is 14.8. The molecule has 26 heavy (non-hydrogen) atoms. The van der Waals surface area contributed by atoms with Crippen LogP contribution in [-0.2, 0) is 9.53 Å². The number of benzene rings is 1. The molecule has 2 heterocycles. The fourth-order valence-corrected chi connectivity index (χ4v) is 2.47. The van der Waals surface area contributed by atoms with Crippen LogP contribution < -0.4 is 5.32 Å². The highest BCUT2D eigenvalue weighted by atomic mass is 16.5. The van der Waals surface area contributed by atoms with Gasteiger partial charge in [0.05, 0.1) is 11.1 Å². The van der Waals surface area contributed by atoms with Crippen molar-refractivity contribution < 1.29 is 18.8 Å². The van der Waals surface area contributed by atoms with E-state index in [1.807, 2.05) is 32.0 Å². The van der Waals surface area contributed by atoms with Crippen LogP contribution in [0.1, 0.15) is 41.6 Å². The van der Waals surface area contributed by atoms with E-state index in [1.54, 1.807) is 25.1 Å². The van der Waals surface area contributed by atoms with Crippen LogP contribution in [0, 0.1) is 6.92 Å². The Bertz CT molecular complexity index is 962. The van der Waals surface area contributed by atoms with Gasteiger partial charge in [0.25, 0.3) is 5.91 Å². The Labute approximate surface area is 150 Å². The van der Waals surface area contributed by atoms with E-state index in [9.17, 15) is 9.59 Å². The minimum atomic E-state index is -0.572. The van der Waals surface area contributed by atoms with Crippen molar-refractivity contribution >= 4 is 28.6 Å². The first-order chi connectivity index (χ1) is 12.4. The van der Waals surface area contributed by atoms with Gasteiger partial charge >= 0.3 is 5.97 Å². The first-order valence-electron chi connectivity index (χ1n) is 8.24. The molecule has 3 rings (SSSR count). The fourth-order valence-electron chi connectivity index (χ4n) is 2.47. The highest BCUT2D eigenvalue weighted by molar-refractivity contribution is 6.04. The number of pyridine rings is 1. The van der Waals surface area contributed by atoms with Crippen molar-refractivity contribution in [2.45, 2.75) is 26.7 Å². The molecule has 2 aromatic heterocycles. The Morgan fingerprint density at radius 1 is 1.23 bits per heavy atom. The number of carbonyl (C=O) groups is 2. The number of hydrogen-bond acceptors (Lipinski definition) is 6. The number of ether oxygens (including phenoxy) is 1. The number of aromatic nitrogens is 2. The molecule has 134 valence electrons. The smallest absolute Gasteiger partial charge is 0.339 e. The van der Waals surface area contributed by atoms with Gasteiger partial charge in [-0.05, 0) is 25.0 Å². The molecule has 1 N–H and O–H groups in total. The van der Waals surface area contributed by atoms with Gasteiger partial charge in [0, 0.05) is 17.1 Å². The first-order valence-corrected chi connectivity index (χ1v) is 8.24. The lowest BCUT2D eigenvalue weighted by atomic mass is 10.0. The van der Waals surface area contributed by atoms with E-state index in [0.717, 1.165) is 5.69 Å². The van der Waals surface area contributed by atoms with Crippen molar-refractivity contribution in [3.05, 3.63) is 53.4 Å². The van der Waals surface area contributed by atoms with Crippen molar-refractivity contribution in [1.82, 2.24) is 10.1 Å². The number of anilines is 1. The lowest BCUT2D eigenvalue weighted by Crippen LogP contribution is -2.21. The van der Waals surface area contributed by atoms with E-state index >= 15 is 0 Å². The summed E-state index contributed by atoms with van der Waals surface area (Å²) in [6.45, 7) is 5.29. The van der Waals surface area contributed by atoms with E-state index in [1.165, 1.54) is 0 Å².